The van der Waals surface area contributed by atoms with Gasteiger partial charge < -0.3 is 20.1 Å². The van der Waals surface area contributed by atoms with Gasteiger partial charge in [-0.1, -0.05) is 30.8 Å². The standard InChI is InChI=1S/C23H32N6O3S/c1-4-14-33-23-27-21(25-11-13-31-3)19-16-26-29(22(19)28-23)12-10-24-20(30)15-17-6-8-18(9-7-17)32-5-2/h6-9,16H,4-5,10-15H2,1-3H3,(H,24,30)(H,25,27,28). The van der Waals surface area contributed by atoms with Crippen molar-refractivity contribution in [3.05, 3.63) is 36.0 Å². The molecule has 2 N–H and O–H groups in total. The lowest BCUT2D eigenvalue weighted by molar-refractivity contribution is -0.120. The summed E-state index contributed by atoms with van der Waals surface area (Å²) in [4.78, 5) is 21.7. The van der Waals surface area contributed by atoms with E-state index in [0.717, 1.165) is 40.3 Å². The van der Waals surface area contributed by atoms with E-state index in [4.69, 9.17) is 14.5 Å². The molecule has 0 radical (unpaired) electrons. The number of amides is 1. The minimum absolute atomic E-state index is 0.0358. The molecule has 0 aliphatic carbocycles. The van der Waals surface area contributed by atoms with Crippen LogP contribution in [-0.4, -0.2) is 64.8 Å². The molecule has 33 heavy (non-hydrogen) atoms. The van der Waals surface area contributed by atoms with Crippen molar-refractivity contribution >= 4 is 34.5 Å². The van der Waals surface area contributed by atoms with E-state index < -0.39 is 0 Å². The van der Waals surface area contributed by atoms with E-state index in [0.29, 0.717) is 44.4 Å². The number of methoxy groups -OCH3 is 1. The van der Waals surface area contributed by atoms with Gasteiger partial charge in [0, 0.05) is 26.0 Å². The van der Waals surface area contributed by atoms with Gasteiger partial charge in [0.1, 0.15) is 11.6 Å². The predicted molar refractivity (Wildman–Crippen MR) is 131 cm³/mol. The molecule has 3 aromatic rings. The zero-order chi connectivity index (χ0) is 23.5. The van der Waals surface area contributed by atoms with E-state index in [1.165, 1.54) is 0 Å². The highest BCUT2D eigenvalue weighted by Gasteiger charge is 2.13. The molecule has 9 nitrogen and oxygen atoms in total. The van der Waals surface area contributed by atoms with Crippen LogP contribution in [0.3, 0.4) is 0 Å². The fourth-order valence-corrected chi connectivity index (χ4v) is 3.88. The molecule has 0 saturated carbocycles. The van der Waals surface area contributed by atoms with Crippen LogP contribution in [0.4, 0.5) is 5.82 Å². The van der Waals surface area contributed by atoms with Crippen molar-refractivity contribution in [1.82, 2.24) is 25.1 Å². The van der Waals surface area contributed by atoms with Crippen molar-refractivity contribution < 1.29 is 14.3 Å². The number of rotatable bonds is 14. The average Bonchev–Trinajstić information content (AvgIpc) is 3.22. The molecule has 0 fully saturated rings. The second kappa shape index (κ2) is 13.0. The lowest BCUT2D eigenvalue weighted by Crippen LogP contribution is -2.28. The van der Waals surface area contributed by atoms with E-state index in [-0.39, 0.29) is 5.91 Å². The second-order valence-corrected chi connectivity index (χ2v) is 8.39. The van der Waals surface area contributed by atoms with Crippen LogP contribution in [0.15, 0.2) is 35.6 Å². The summed E-state index contributed by atoms with van der Waals surface area (Å²) >= 11 is 1.62. The Hall–Kier alpha value is -2.85. The maximum atomic E-state index is 12.4. The molecule has 1 aromatic carbocycles. The van der Waals surface area contributed by atoms with Gasteiger partial charge in [-0.25, -0.2) is 14.6 Å². The van der Waals surface area contributed by atoms with Crippen LogP contribution in [0.5, 0.6) is 5.75 Å². The number of carbonyl (C=O) groups excluding carboxylic acids is 1. The largest absolute Gasteiger partial charge is 0.494 e. The van der Waals surface area contributed by atoms with Crippen molar-refractivity contribution in [2.24, 2.45) is 0 Å². The highest BCUT2D eigenvalue weighted by molar-refractivity contribution is 7.99. The van der Waals surface area contributed by atoms with Crippen molar-refractivity contribution in [1.29, 1.82) is 0 Å². The minimum Gasteiger partial charge on any atom is -0.494 e. The van der Waals surface area contributed by atoms with E-state index in [1.54, 1.807) is 25.1 Å². The molecule has 0 unspecified atom stereocenters. The van der Waals surface area contributed by atoms with Crippen LogP contribution in [-0.2, 0) is 22.5 Å². The Morgan fingerprint density at radius 1 is 1.15 bits per heavy atom. The average molecular weight is 473 g/mol. The molecule has 0 aliphatic heterocycles. The van der Waals surface area contributed by atoms with E-state index in [2.05, 4.69) is 27.6 Å². The molecule has 0 bridgehead atoms. The van der Waals surface area contributed by atoms with Gasteiger partial charge in [-0.3, -0.25) is 4.79 Å². The number of hydrogen-bond acceptors (Lipinski definition) is 8. The van der Waals surface area contributed by atoms with Gasteiger partial charge in [0.2, 0.25) is 5.91 Å². The molecule has 0 saturated heterocycles. The number of fused-ring (bicyclic) bond motifs is 1. The van der Waals surface area contributed by atoms with Crippen molar-refractivity contribution in [2.75, 3.05) is 44.5 Å². The fraction of sp³-hybridized carbons (Fsp3) is 0.478. The quantitative estimate of drug-likeness (QED) is 0.210. The number of carbonyl (C=O) groups is 1. The number of aromatic nitrogens is 4. The lowest BCUT2D eigenvalue weighted by atomic mass is 10.1. The molecule has 2 heterocycles. The smallest absolute Gasteiger partial charge is 0.224 e. The van der Waals surface area contributed by atoms with Crippen molar-refractivity contribution in [3.63, 3.8) is 0 Å². The summed E-state index contributed by atoms with van der Waals surface area (Å²) in [6, 6.07) is 7.59. The number of hydrogen-bond donors (Lipinski definition) is 2. The SMILES string of the molecule is CCCSc1nc(NCCOC)c2cnn(CCNC(=O)Cc3ccc(OCC)cc3)c2n1. The van der Waals surface area contributed by atoms with Gasteiger partial charge in [0.25, 0.3) is 0 Å². The fourth-order valence-electron chi connectivity index (χ4n) is 3.18. The summed E-state index contributed by atoms with van der Waals surface area (Å²) in [6.45, 7) is 6.90. The summed E-state index contributed by atoms with van der Waals surface area (Å²) < 4.78 is 12.4. The minimum atomic E-state index is -0.0358. The zero-order valence-electron chi connectivity index (χ0n) is 19.5. The Bertz CT molecular complexity index is 1020. The summed E-state index contributed by atoms with van der Waals surface area (Å²) in [5.74, 6) is 2.47. The normalized spacial score (nSPS) is 11.0. The Morgan fingerprint density at radius 2 is 1.97 bits per heavy atom. The van der Waals surface area contributed by atoms with Gasteiger partial charge in [0.15, 0.2) is 10.8 Å². The molecule has 3 rings (SSSR count). The first kappa shape index (κ1) is 24.8. The van der Waals surface area contributed by atoms with Crippen LogP contribution in [0.25, 0.3) is 11.0 Å². The molecule has 0 atom stereocenters. The maximum Gasteiger partial charge on any atom is 0.224 e. The Balaban J connectivity index is 1.61. The first-order valence-corrected chi connectivity index (χ1v) is 12.2. The van der Waals surface area contributed by atoms with Crippen LogP contribution in [0, 0.1) is 0 Å². The summed E-state index contributed by atoms with van der Waals surface area (Å²) in [5, 5.41) is 12.3. The third-order valence-electron chi connectivity index (χ3n) is 4.75. The van der Waals surface area contributed by atoms with Gasteiger partial charge in [0.05, 0.1) is 37.8 Å². The predicted octanol–water partition coefficient (Wildman–Crippen LogP) is 3.14. The molecular weight excluding hydrogens is 440 g/mol. The highest BCUT2D eigenvalue weighted by atomic mass is 32.2. The van der Waals surface area contributed by atoms with E-state index in [9.17, 15) is 4.79 Å². The number of benzene rings is 1. The first-order chi connectivity index (χ1) is 16.1. The van der Waals surface area contributed by atoms with Gasteiger partial charge in [-0.05, 0) is 31.0 Å². The zero-order valence-corrected chi connectivity index (χ0v) is 20.3. The number of anilines is 1. The van der Waals surface area contributed by atoms with Gasteiger partial charge in [-0.15, -0.1) is 0 Å². The summed E-state index contributed by atoms with van der Waals surface area (Å²) in [7, 11) is 1.67. The van der Waals surface area contributed by atoms with Crippen molar-refractivity contribution in [2.45, 2.75) is 38.4 Å². The first-order valence-electron chi connectivity index (χ1n) is 11.2. The summed E-state index contributed by atoms with van der Waals surface area (Å²) in [6.07, 6.45) is 3.12. The Labute approximate surface area is 198 Å². The third kappa shape index (κ3) is 7.33. The lowest BCUT2D eigenvalue weighted by Gasteiger charge is -2.10. The number of thioether (sulfide) groups is 1. The topological polar surface area (TPSA) is 103 Å². The number of nitrogens with zero attached hydrogens (tertiary/aromatic N) is 4. The third-order valence-corrected chi connectivity index (χ3v) is 5.81. The Morgan fingerprint density at radius 3 is 2.70 bits per heavy atom. The molecule has 2 aromatic heterocycles. The molecular formula is C23H32N6O3S. The molecule has 178 valence electrons. The van der Waals surface area contributed by atoms with Gasteiger partial charge in [-0.2, -0.15) is 5.10 Å². The van der Waals surface area contributed by atoms with Crippen LogP contribution in [0.1, 0.15) is 25.8 Å². The number of ether oxygens (including phenoxy) is 2. The molecule has 1 amide bonds. The highest BCUT2D eigenvalue weighted by Crippen LogP contribution is 2.24. The van der Waals surface area contributed by atoms with Crippen LogP contribution < -0.4 is 15.4 Å². The monoisotopic (exact) mass is 472 g/mol. The van der Waals surface area contributed by atoms with E-state index >= 15 is 0 Å². The Kier molecular flexibility index (Phi) is 9.77. The number of nitrogens with one attached hydrogen (secondary N) is 2. The second-order valence-electron chi connectivity index (χ2n) is 7.33. The van der Waals surface area contributed by atoms with Gasteiger partial charge >= 0.3 is 0 Å². The van der Waals surface area contributed by atoms with E-state index in [1.807, 2.05) is 35.9 Å². The molecule has 10 heteroatoms. The van der Waals surface area contributed by atoms with Crippen LogP contribution in [0.2, 0.25) is 0 Å². The van der Waals surface area contributed by atoms with Crippen molar-refractivity contribution in [3.8, 4) is 5.75 Å². The maximum absolute atomic E-state index is 12.4. The van der Waals surface area contributed by atoms with Crippen LogP contribution >= 0.6 is 11.8 Å². The summed E-state index contributed by atoms with van der Waals surface area (Å²) in [5.41, 5.74) is 1.70. The molecule has 0 spiro atoms. The molecule has 0 aliphatic rings.